The van der Waals surface area contributed by atoms with Gasteiger partial charge in [-0.25, -0.2) is 9.78 Å². The zero-order valence-corrected chi connectivity index (χ0v) is 11.2. The molecule has 1 aromatic carbocycles. The first kappa shape index (κ1) is 13.3. The predicted molar refractivity (Wildman–Crippen MR) is 77.2 cm³/mol. The number of carbonyl (C=O) groups excluding carboxylic acids is 1. The molecule has 5 heteroatoms. The highest BCUT2D eigenvalue weighted by Crippen LogP contribution is 2.27. The van der Waals surface area contributed by atoms with Crippen LogP contribution in [0.1, 0.15) is 21.5 Å². The van der Waals surface area contributed by atoms with Crippen molar-refractivity contribution in [3.05, 3.63) is 59.3 Å². The van der Waals surface area contributed by atoms with Crippen LogP contribution in [0.4, 0.5) is 5.82 Å². The number of anilines is 1. The van der Waals surface area contributed by atoms with Crippen molar-refractivity contribution < 1.29 is 14.7 Å². The summed E-state index contributed by atoms with van der Waals surface area (Å²) >= 11 is 0. The van der Waals surface area contributed by atoms with Gasteiger partial charge in [-0.3, -0.25) is 4.79 Å². The molecule has 0 atom stereocenters. The van der Waals surface area contributed by atoms with E-state index in [2.05, 4.69) is 10.3 Å². The fraction of sp³-hybridized carbons (Fsp3) is 0.188. The Kier molecular flexibility index (Phi) is 3.39. The number of hydrogen-bond donors (Lipinski definition) is 2. The number of pyridine rings is 1. The van der Waals surface area contributed by atoms with Crippen molar-refractivity contribution in [2.75, 3.05) is 5.32 Å². The summed E-state index contributed by atoms with van der Waals surface area (Å²) < 4.78 is 0. The molecule has 0 unspecified atom stereocenters. The molecule has 2 aromatic rings. The molecule has 1 heterocycles. The van der Waals surface area contributed by atoms with Gasteiger partial charge < -0.3 is 10.4 Å². The molecule has 0 saturated heterocycles. The Labute approximate surface area is 121 Å². The van der Waals surface area contributed by atoms with Crippen LogP contribution in [0, 0.1) is 5.92 Å². The molecule has 21 heavy (non-hydrogen) atoms. The second-order valence-corrected chi connectivity index (χ2v) is 5.10. The van der Waals surface area contributed by atoms with E-state index in [1.54, 1.807) is 0 Å². The van der Waals surface area contributed by atoms with Gasteiger partial charge in [0.25, 0.3) is 0 Å². The number of carboxylic acid groups (broad SMARTS) is 1. The molecule has 3 rings (SSSR count). The molecule has 0 fully saturated rings. The number of aromatic carboxylic acids is 1. The molecule has 1 aliphatic rings. The van der Waals surface area contributed by atoms with Gasteiger partial charge >= 0.3 is 5.97 Å². The summed E-state index contributed by atoms with van der Waals surface area (Å²) in [6, 6.07) is 10.8. The molecule has 0 spiro atoms. The fourth-order valence-corrected chi connectivity index (χ4v) is 2.60. The number of hydrogen-bond acceptors (Lipinski definition) is 3. The van der Waals surface area contributed by atoms with Gasteiger partial charge in [0.1, 0.15) is 5.82 Å². The summed E-state index contributed by atoms with van der Waals surface area (Å²) in [4.78, 5) is 27.2. The number of rotatable bonds is 3. The van der Waals surface area contributed by atoms with Crippen molar-refractivity contribution in [2.45, 2.75) is 12.8 Å². The number of nitrogens with zero attached hydrogens (tertiary/aromatic N) is 1. The van der Waals surface area contributed by atoms with Gasteiger partial charge in [-0.2, -0.15) is 0 Å². The number of carboxylic acids is 1. The first-order valence-corrected chi connectivity index (χ1v) is 6.70. The molecule has 0 bridgehead atoms. The molecule has 0 radical (unpaired) electrons. The van der Waals surface area contributed by atoms with Crippen LogP contribution >= 0.6 is 0 Å². The van der Waals surface area contributed by atoms with Crippen molar-refractivity contribution in [1.29, 1.82) is 0 Å². The standard InChI is InChI=1S/C16H14N2O3/c19-15(13-7-10-3-1-2-4-11(10)8-13)18-14-9-12(16(20)21)5-6-17-14/h1-6,9,13H,7-8H2,(H,20,21)(H,17,18,19). The lowest BCUT2D eigenvalue weighted by Gasteiger charge is -2.10. The lowest BCUT2D eigenvalue weighted by Crippen LogP contribution is -2.23. The summed E-state index contributed by atoms with van der Waals surface area (Å²) in [7, 11) is 0. The van der Waals surface area contributed by atoms with Gasteiger partial charge in [-0.05, 0) is 36.1 Å². The lowest BCUT2D eigenvalue weighted by atomic mass is 10.1. The van der Waals surface area contributed by atoms with Crippen LogP contribution in [-0.2, 0) is 17.6 Å². The molecule has 0 saturated carbocycles. The van der Waals surface area contributed by atoms with Crippen LogP contribution in [0.25, 0.3) is 0 Å². The largest absolute Gasteiger partial charge is 0.478 e. The average molecular weight is 282 g/mol. The minimum atomic E-state index is -1.04. The molecule has 1 amide bonds. The van der Waals surface area contributed by atoms with E-state index in [0.29, 0.717) is 12.8 Å². The highest BCUT2D eigenvalue weighted by molar-refractivity contribution is 5.94. The Balaban J connectivity index is 1.71. The number of carbonyl (C=O) groups is 2. The third-order valence-electron chi connectivity index (χ3n) is 3.68. The first-order valence-electron chi connectivity index (χ1n) is 6.70. The van der Waals surface area contributed by atoms with Crippen LogP contribution in [-0.4, -0.2) is 22.0 Å². The van der Waals surface area contributed by atoms with Crippen molar-refractivity contribution in [3.63, 3.8) is 0 Å². The van der Waals surface area contributed by atoms with Crippen LogP contribution in [0.2, 0.25) is 0 Å². The molecular formula is C16H14N2O3. The second kappa shape index (κ2) is 5.36. The number of nitrogens with one attached hydrogen (secondary N) is 1. The topological polar surface area (TPSA) is 79.3 Å². The molecular weight excluding hydrogens is 268 g/mol. The Hall–Kier alpha value is -2.69. The molecule has 2 N–H and O–H groups in total. The maximum atomic E-state index is 12.3. The third kappa shape index (κ3) is 2.76. The van der Waals surface area contributed by atoms with Crippen LogP contribution in [0.5, 0.6) is 0 Å². The highest BCUT2D eigenvalue weighted by Gasteiger charge is 2.27. The summed E-state index contributed by atoms with van der Waals surface area (Å²) in [5.41, 5.74) is 2.50. The predicted octanol–water partition coefficient (Wildman–Crippen LogP) is 2.13. The third-order valence-corrected chi connectivity index (χ3v) is 3.68. The number of benzene rings is 1. The zero-order valence-electron chi connectivity index (χ0n) is 11.2. The van der Waals surface area contributed by atoms with E-state index in [1.165, 1.54) is 29.5 Å². The van der Waals surface area contributed by atoms with Crippen LogP contribution in [0.15, 0.2) is 42.6 Å². The molecule has 1 aromatic heterocycles. The van der Waals surface area contributed by atoms with E-state index in [4.69, 9.17) is 5.11 Å². The van der Waals surface area contributed by atoms with E-state index in [-0.39, 0.29) is 23.2 Å². The van der Waals surface area contributed by atoms with E-state index in [9.17, 15) is 9.59 Å². The van der Waals surface area contributed by atoms with Gasteiger partial charge in [0.15, 0.2) is 0 Å². The zero-order chi connectivity index (χ0) is 14.8. The normalized spacial score (nSPS) is 13.7. The Morgan fingerprint density at radius 2 is 1.81 bits per heavy atom. The molecule has 0 aliphatic heterocycles. The van der Waals surface area contributed by atoms with E-state index in [1.807, 2.05) is 24.3 Å². The lowest BCUT2D eigenvalue weighted by molar-refractivity contribution is -0.119. The van der Waals surface area contributed by atoms with Gasteiger partial charge in [0, 0.05) is 12.1 Å². The van der Waals surface area contributed by atoms with Crippen LogP contribution < -0.4 is 5.32 Å². The maximum Gasteiger partial charge on any atom is 0.335 e. The Morgan fingerprint density at radius 1 is 1.14 bits per heavy atom. The minimum Gasteiger partial charge on any atom is -0.478 e. The highest BCUT2D eigenvalue weighted by atomic mass is 16.4. The molecule has 5 nitrogen and oxygen atoms in total. The fourth-order valence-electron chi connectivity index (χ4n) is 2.60. The first-order chi connectivity index (χ1) is 10.1. The van der Waals surface area contributed by atoms with Gasteiger partial charge in [0.05, 0.1) is 5.56 Å². The van der Waals surface area contributed by atoms with Crippen molar-refractivity contribution in [2.24, 2.45) is 5.92 Å². The smallest absolute Gasteiger partial charge is 0.335 e. The van der Waals surface area contributed by atoms with E-state index in [0.717, 1.165) is 0 Å². The number of fused-ring (bicyclic) bond motifs is 1. The van der Waals surface area contributed by atoms with Crippen molar-refractivity contribution in [1.82, 2.24) is 4.98 Å². The van der Waals surface area contributed by atoms with E-state index >= 15 is 0 Å². The summed E-state index contributed by atoms with van der Waals surface area (Å²) in [5, 5.41) is 11.6. The van der Waals surface area contributed by atoms with Crippen LogP contribution in [0.3, 0.4) is 0 Å². The molecule has 106 valence electrons. The second-order valence-electron chi connectivity index (χ2n) is 5.10. The summed E-state index contributed by atoms with van der Waals surface area (Å²) in [6.07, 6.45) is 2.80. The van der Waals surface area contributed by atoms with Crippen molar-refractivity contribution in [3.8, 4) is 0 Å². The Morgan fingerprint density at radius 3 is 2.43 bits per heavy atom. The quantitative estimate of drug-likeness (QED) is 0.904. The number of aromatic nitrogens is 1. The molecule has 1 aliphatic carbocycles. The maximum absolute atomic E-state index is 12.3. The summed E-state index contributed by atoms with van der Waals surface area (Å²) in [6.45, 7) is 0. The van der Waals surface area contributed by atoms with Crippen molar-refractivity contribution >= 4 is 17.7 Å². The van der Waals surface area contributed by atoms with E-state index < -0.39 is 5.97 Å². The Bertz CT molecular complexity index is 687. The monoisotopic (exact) mass is 282 g/mol. The minimum absolute atomic E-state index is 0.106. The van der Waals surface area contributed by atoms with Gasteiger partial charge in [-0.1, -0.05) is 24.3 Å². The SMILES string of the molecule is O=C(O)c1ccnc(NC(=O)C2Cc3ccccc3C2)c1. The van der Waals surface area contributed by atoms with Gasteiger partial charge in [0.2, 0.25) is 5.91 Å². The number of amides is 1. The summed E-state index contributed by atoms with van der Waals surface area (Å²) in [5.74, 6) is -1.02. The average Bonchev–Trinajstić information content (AvgIpc) is 2.91. The van der Waals surface area contributed by atoms with Gasteiger partial charge in [-0.15, -0.1) is 0 Å².